The minimum Gasteiger partial charge on any atom is -0.378 e. The van der Waals surface area contributed by atoms with Crippen molar-refractivity contribution in [1.29, 1.82) is 0 Å². The number of urea groups is 5. The van der Waals surface area contributed by atoms with Gasteiger partial charge < -0.3 is 61.0 Å². The number of carbonyl (C=O) groups is 9. The third-order valence-electron chi connectivity index (χ3n) is 32.6. The molecule has 782 valence electrons. The molecule has 11 aliphatic rings. The van der Waals surface area contributed by atoms with Gasteiger partial charge in [-0.05, 0) is 279 Å². The van der Waals surface area contributed by atoms with Gasteiger partial charge in [0.15, 0.2) is 0 Å². The van der Waals surface area contributed by atoms with Crippen LogP contribution >= 0.6 is 0 Å². The van der Waals surface area contributed by atoms with Gasteiger partial charge in [0, 0.05) is 136 Å². The second kappa shape index (κ2) is 68.9. The molecule has 2 saturated heterocycles. The highest BCUT2D eigenvalue weighted by Crippen LogP contribution is 2.42. The minimum atomic E-state index is -0.230. The van der Waals surface area contributed by atoms with Gasteiger partial charge in [0.1, 0.15) is 23.1 Å². The van der Waals surface area contributed by atoms with Gasteiger partial charge in [-0.2, -0.15) is 0 Å². The molecule has 0 bridgehead atoms. The summed E-state index contributed by atoms with van der Waals surface area (Å²) < 4.78 is 5.27. The van der Waals surface area contributed by atoms with E-state index < -0.39 is 0 Å². The SMILES string of the molecule is CC(=O)C[C@@H]1CC[C@@H](C(C)C)C1.CC(C)[C@@H]1CCC[C@@H](NC(=O)N(C)C)C1.CC(C)[C@@H]1CCC[C@@H](NC(=O)N2CCN(C)CC2)C1.CC(C)[C@@H]1CCC[C@@H](NC(=O)N2CCOCC2)C1.CCC(=O)C[C@@H]1CC[C@@H](C(C)C)C1.CCC(=O)C[C@@H]1CC[C@H](C(C)C)C1.CCCC(=O)C[C@@H]1CCC[C@@H](C(C)C)C1.CNC(=O)N[C@@H]1CCC[C@@H](C(C)C)C1.CONC(=O)N[C@@H]1CCC[C@@H](C(C)C)C1. The number of nitrogens with zero attached hydrogens (tertiary/aromatic N) is 4. The number of morpholine rings is 1. The number of hydrogen-bond acceptors (Lipinski definition) is 12. The molecule has 22 heteroatoms. The molecule has 134 heavy (non-hydrogen) atoms. The van der Waals surface area contributed by atoms with Crippen LogP contribution in [0.2, 0.25) is 0 Å². The van der Waals surface area contributed by atoms with Crippen molar-refractivity contribution in [2.45, 2.75) is 446 Å². The summed E-state index contributed by atoms with van der Waals surface area (Å²) in [4.78, 5) is 115. The first kappa shape index (κ1) is 123. The van der Waals surface area contributed by atoms with Crippen LogP contribution in [-0.2, 0) is 28.8 Å². The highest BCUT2D eigenvalue weighted by molar-refractivity contribution is 5.80. The van der Waals surface area contributed by atoms with Crippen molar-refractivity contribution in [3.05, 3.63) is 0 Å². The van der Waals surface area contributed by atoms with Gasteiger partial charge in [0.25, 0.3) is 0 Å². The third kappa shape index (κ3) is 52.4. The van der Waals surface area contributed by atoms with Crippen molar-refractivity contribution >= 4 is 53.3 Å². The summed E-state index contributed by atoms with van der Waals surface area (Å²) >= 11 is 0. The number of rotatable bonds is 27. The van der Waals surface area contributed by atoms with Gasteiger partial charge in [-0.15, -0.1) is 0 Å². The fourth-order valence-electron chi connectivity index (χ4n) is 22.9. The Bertz CT molecular complexity index is 3100. The smallest absolute Gasteiger partial charge is 0.338 e. The summed E-state index contributed by atoms with van der Waals surface area (Å²) in [6, 6.07) is 1.89. The first-order valence-corrected chi connectivity index (χ1v) is 55.4. The number of amides is 10. The van der Waals surface area contributed by atoms with Crippen molar-refractivity contribution in [2.24, 2.45) is 130 Å². The molecule has 0 unspecified atom stereocenters. The molecule has 9 saturated carbocycles. The van der Waals surface area contributed by atoms with Gasteiger partial charge in [-0.1, -0.05) is 229 Å². The van der Waals surface area contributed by atoms with Crippen LogP contribution in [0.4, 0.5) is 24.0 Å². The molecular weight excluding hydrogens is 1680 g/mol. The molecule has 0 aromatic heterocycles. The molecule has 0 spiro atoms. The molecule has 0 aromatic rings. The molecule has 2 heterocycles. The van der Waals surface area contributed by atoms with Crippen LogP contribution in [0.15, 0.2) is 0 Å². The monoisotopic (exact) mass is 1890 g/mol. The fraction of sp³-hybridized carbons (Fsp3) is 0.920. The van der Waals surface area contributed by atoms with E-state index >= 15 is 0 Å². The second-order valence-corrected chi connectivity index (χ2v) is 46.7. The van der Waals surface area contributed by atoms with E-state index in [1.807, 2.05) is 23.6 Å². The van der Waals surface area contributed by atoms with E-state index in [1.165, 1.54) is 155 Å². The molecule has 0 aromatic carbocycles. The summed E-state index contributed by atoms with van der Waals surface area (Å²) in [5.41, 5.74) is 2.29. The zero-order chi connectivity index (χ0) is 100. The third-order valence-corrected chi connectivity index (χ3v) is 32.6. The van der Waals surface area contributed by atoms with Crippen LogP contribution in [-0.4, -0.2) is 191 Å². The quantitative estimate of drug-likeness (QED) is 0.0379. The molecule has 9 aliphatic carbocycles. The average Bonchev–Trinajstić information content (AvgIpc) is 1.61. The van der Waals surface area contributed by atoms with Gasteiger partial charge >= 0.3 is 30.2 Å². The second-order valence-electron chi connectivity index (χ2n) is 46.7. The molecule has 11 fully saturated rings. The van der Waals surface area contributed by atoms with Gasteiger partial charge in [0.2, 0.25) is 0 Å². The summed E-state index contributed by atoms with van der Waals surface area (Å²) in [5, 5.41) is 18.1. The lowest BCUT2D eigenvalue weighted by Crippen LogP contribution is -2.53. The van der Waals surface area contributed by atoms with Crippen LogP contribution in [0.25, 0.3) is 0 Å². The lowest BCUT2D eigenvalue weighted by Gasteiger charge is -2.36. The number of ketones is 4. The van der Waals surface area contributed by atoms with Crippen molar-refractivity contribution in [3.63, 3.8) is 0 Å². The molecule has 2 aliphatic heterocycles. The number of piperazine rings is 1. The Morgan fingerprint density at radius 2 is 0.627 bits per heavy atom. The lowest BCUT2D eigenvalue weighted by atomic mass is 9.74. The number of likely N-dealkylation sites (N-methyl/N-ethyl adjacent to an activating group) is 1. The number of hydroxylamine groups is 1. The average molecular weight is 1890 g/mol. The predicted molar refractivity (Wildman–Crippen MR) is 557 cm³/mol. The molecule has 0 radical (unpaired) electrons. The lowest BCUT2D eigenvalue weighted by molar-refractivity contribution is -0.121. The first-order valence-electron chi connectivity index (χ1n) is 55.4. The van der Waals surface area contributed by atoms with Crippen molar-refractivity contribution in [3.8, 4) is 0 Å². The van der Waals surface area contributed by atoms with Crippen LogP contribution < -0.4 is 37.4 Å². The zero-order valence-corrected chi connectivity index (χ0v) is 91.5. The standard InChI is InChI=1S/C15H29N3O.C14H26N2O2.C14H26O.C12H24N2O.2C12H22O.C11H22N2O2.C11H22N2O.C11H20O/c1-12(2)13-5-4-6-14(11-13)16-15(19)18-9-7-17(3)8-10-18;1-11(2)12-4-3-5-13(10-12)15-14(17)16-6-8-18-9-7-16;1-4-6-14(15)10-12-7-5-8-13(9-12)11(2)3;1-9(2)10-6-5-7-11(8-10)13-12(15)14(3)4;2*1-4-12(13)8-10-5-6-11(7-10)9(2)3;1-8(2)9-5-4-6-10(7-9)12-11(14)13-15-3;1-8(2)9-5-4-6-10(7-9)13-11(14)12-3;1-8(2)11-5-4-10(7-11)6-9(3)12/h12-14H,4-11H2,1-3H3,(H,16,19);11-13H,3-10H2,1-2H3,(H,15,17);11-13H,4-10H2,1-3H3;9-11H,5-8H2,1-4H3,(H,13,15);2*9-11H,4-8H2,1-3H3;8-10H,4-7H2,1-3H3,(H2,12,13,14);8-10H,4-7H2,1-3H3,(H2,12,13,14);8,10-11H,4-7H2,1-3H3/t13-,14-;2*12-,13-;10-,11-;10-,11+;10-,11-;2*9-,10-;10-,11+/m111111110/s1. The summed E-state index contributed by atoms with van der Waals surface area (Å²) in [7, 11) is 8.80. The minimum absolute atomic E-state index is 0.0422. The van der Waals surface area contributed by atoms with Crippen molar-refractivity contribution in [2.75, 3.05) is 87.8 Å². The fourth-order valence-corrected chi connectivity index (χ4v) is 22.9. The Morgan fingerprint density at radius 3 is 0.925 bits per heavy atom. The van der Waals surface area contributed by atoms with Crippen LogP contribution in [0.1, 0.15) is 416 Å². The Hall–Kier alpha value is -5.09. The van der Waals surface area contributed by atoms with Crippen molar-refractivity contribution in [1.82, 2.24) is 57.0 Å². The molecule has 22 nitrogen and oxygen atoms in total. The van der Waals surface area contributed by atoms with E-state index in [4.69, 9.17) is 4.74 Å². The highest BCUT2D eigenvalue weighted by atomic mass is 16.6. The zero-order valence-electron chi connectivity index (χ0n) is 91.5. The number of hydrogen-bond donors (Lipinski definition) is 7. The number of ether oxygens (including phenoxy) is 1. The summed E-state index contributed by atoms with van der Waals surface area (Å²) in [5.74, 6) is 18.9. The molecule has 18 atom stereocenters. The Labute approximate surface area is 822 Å². The molecule has 10 amide bonds. The predicted octanol–water partition coefficient (Wildman–Crippen LogP) is 25.2. The highest BCUT2D eigenvalue weighted by Gasteiger charge is 2.36. The maximum absolute atomic E-state index is 12.2. The van der Waals surface area contributed by atoms with Crippen LogP contribution in [0, 0.1) is 130 Å². The Kier molecular flexibility index (Phi) is 63.3. The number of Topliss-reactive ketones (excluding diaryl/α,β-unsaturated/α-hetero) is 4. The van der Waals surface area contributed by atoms with E-state index in [-0.39, 0.29) is 30.2 Å². The van der Waals surface area contributed by atoms with E-state index in [1.54, 1.807) is 33.0 Å². The topological polar surface area (TPSA) is 269 Å². The van der Waals surface area contributed by atoms with Crippen molar-refractivity contribution < 1.29 is 52.7 Å². The molecule has 7 N–H and O–H groups in total. The molecular formula is C112H213N11O11. The maximum atomic E-state index is 12.2. The Balaban J connectivity index is 0.000000390. The van der Waals surface area contributed by atoms with E-state index in [9.17, 15) is 43.2 Å². The van der Waals surface area contributed by atoms with E-state index in [2.05, 4.69) is 186 Å². The van der Waals surface area contributed by atoms with Gasteiger partial charge in [0.05, 0.1) is 20.3 Å². The summed E-state index contributed by atoms with van der Waals surface area (Å²) in [6.45, 7) is 55.5. The first-order chi connectivity index (χ1) is 63.5. The van der Waals surface area contributed by atoms with Gasteiger partial charge in [-0.3, -0.25) is 19.2 Å². The maximum Gasteiger partial charge on any atom is 0.338 e. The van der Waals surface area contributed by atoms with E-state index in [0.29, 0.717) is 96.1 Å². The van der Waals surface area contributed by atoms with Crippen LogP contribution in [0.5, 0.6) is 0 Å². The number of carbonyl (C=O) groups excluding carboxylic acids is 9. The largest absolute Gasteiger partial charge is 0.378 e. The number of nitrogens with one attached hydrogen (secondary N) is 7. The molecule has 11 rings (SSSR count). The van der Waals surface area contributed by atoms with E-state index in [0.717, 1.165) is 255 Å². The summed E-state index contributed by atoms with van der Waals surface area (Å²) in [6.07, 6.45) is 47.9. The van der Waals surface area contributed by atoms with Gasteiger partial charge in [-0.25, -0.2) is 29.5 Å². The normalized spacial score (nSPS) is 28.1. The Morgan fingerprint density at radius 1 is 0.343 bits per heavy atom. The van der Waals surface area contributed by atoms with Crippen LogP contribution in [0.3, 0.4) is 0 Å².